The Bertz CT molecular complexity index is 870. The third-order valence-corrected chi connectivity index (χ3v) is 2.96. The molecule has 0 fully saturated rings. The van der Waals surface area contributed by atoms with Crippen molar-refractivity contribution >= 4 is 22.5 Å². The normalized spacial score (nSPS) is 10.8. The smallest absolute Gasteiger partial charge is 0.345 e. The van der Waals surface area contributed by atoms with Gasteiger partial charge in [-0.15, -0.1) is 0 Å². The Morgan fingerprint density at radius 1 is 1.30 bits per heavy atom. The number of nitrogens with zero attached hydrogens (tertiary/aromatic N) is 3. The van der Waals surface area contributed by atoms with Gasteiger partial charge >= 0.3 is 5.97 Å². The number of hydrogen-bond donors (Lipinski definition) is 0. The van der Waals surface area contributed by atoms with Crippen LogP contribution < -0.4 is 5.56 Å². The first-order valence-electron chi connectivity index (χ1n) is 6.14. The number of fused-ring (bicyclic) bond motifs is 3. The molecule has 0 unspecified atom stereocenters. The van der Waals surface area contributed by atoms with Gasteiger partial charge in [-0.1, -0.05) is 0 Å². The number of pyridine rings is 2. The van der Waals surface area contributed by atoms with Gasteiger partial charge < -0.3 is 4.74 Å². The SMILES string of the molecule is CCOC(=O)c1cnc2ccc3cnccc3n2c1=O. The molecule has 0 aromatic carbocycles. The van der Waals surface area contributed by atoms with Crippen molar-refractivity contribution in [2.75, 3.05) is 6.61 Å². The molecule has 3 aromatic heterocycles. The van der Waals surface area contributed by atoms with Gasteiger partial charge in [-0.2, -0.15) is 0 Å². The maximum atomic E-state index is 12.5. The molecule has 3 rings (SSSR count). The fraction of sp³-hybridized carbons (Fsp3) is 0.143. The summed E-state index contributed by atoms with van der Waals surface area (Å²) in [5, 5.41) is 0.796. The molecular formula is C14H11N3O3. The maximum absolute atomic E-state index is 12.5. The highest BCUT2D eigenvalue weighted by molar-refractivity contribution is 5.89. The maximum Gasteiger partial charge on any atom is 0.345 e. The van der Waals surface area contributed by atoms with Crippen molar-refractivity contribution in [1.29, 1.82) is 0 Å². The molecule has 100 valence electrons. The molecule has 20 heavy (non-hydrogen) atoms. The van der Waals surface area contributed by atoms with Crippen molar-refractivity contribution in [3.8, 4) is 0 Å². The van der Waals surface area contributed by atoms with Crippen LogP contribution >= 0.6 is 0 Å². The summed E-state index contributed by atoms with van der Waals surface area (Å²) in [5.41, 5.74) is 0.613. The third kappa shape index (κ3) is 1.82. The van der Waals surface area contributed by atoms with Crippen LogP contribution in [0.5, 0.6) is 0 Å². The number of ether oxygens (including phenoxy) is 1. The first-order valence-corrected chi connectivity index (χ1v) is 6.14. The van der Waals surface area contributed by atoms with E-state index in [4.69, 9.17) is 4.74 Å². The van der Waals surface area contributed by atoms with Gasteiger partial charge in [0.25, 0.3) is 5.56 Å². The number of carbonyl (C=O) groups excluding carboxylic acids is 1. The lowest BCUT2D eigenvalue weighted by Gasteiger charge is -2.07. The summed E-state index contributed by atoms with van der Waals surface area (Å²) in [7, 11) is 0. The Balaban J connectivity index is 2.38. The van der Waals surface area contributed by atoms with Crippen molar-refractivity contribution in [2.45, 2.75) is 6.92 Å². The van der Waals surface area contributed by atoms with Crippen LogP contribution in [0, 0.1) is 0 Å². The molecule has 0 radical (unpaired) electrons. The van der Waals surface area contributed by atoms with Crippen LogP contribution in [0.15, 0.2) is 41.6 Å². The highest BCUT2D eigenvalue weighted by Crippen LogP contribution is 2.13. The zero-order chi connectivity index (χ0) is 14.1. The molecule has 0 atom stereocenters. The Morgan fingerprint density at radius 2 is 2.15 bits per heavy atom. The van der Waals surface area contributed by atoms with Crippen LogP contribution in [0.25, 0.3) is 16.6 Å². The lowest BCUT2D eigenvalue weighted by molar-refractivity contribution is 0.0523. The third-order valence-electron chi connectivity index (χ3n) is 2.96. The van der Waals surface area contributed by atoms with E-state index in [-0.39, 0.29) is 12.2 Å². The first-order chi connectivity index (χ1) is 9.72. The van der Waals surface area contributed by atoms with E-state index in [1.54, 1.807) is 31.5 Å². The van der Waals surface area contributed by atoms with Crippen molar-refractivity contribution in [2.24, 2.45) is 0 Å². The average Bonchev–Trinajstić information content (AvgIpc) is 2.47. The minimum atomic E-state index is -0.662. The van der Waals surface area contributed by atoms with E-state index in [2.05, 4.69) is 9.97 Å². The summed E-state index contributed by atoms with van der Waals surface area (Å²) in [4.78, 5) is 32.4. The Labute approximate surface area is 113 Å². The Kier molecular flexibility index (Phi) is 2.90. The van der Waals surface area contributed by atoms with Gasteiger partial charge in [0.2, 0.25) is 0 Å². The highest BCUT2D eigenvalue weighted by Gasteiger charge is 2.15. The van der Waals surface area contributed by atoms with Crippen LogP contribution in [-0.2, 0) is 4.74 Å². The zero-order valence-corrected chi connectivity index (χ0v) is 10.7. The molecule has 6 heteroatoms. The van der Waals surface area contributed by atoms with Crippen LogP contribution in [0.1, 0.15) is 17.3 Å². The Morgan fingerprint density at radius 3 is 2.95 bits per heavy atom. The molecule has 0 N–H and O–H groups in total. The number of carbonyl (C=O) groups is 1. The summed E-state index contributed by atoms with van der Waals surface area (Å²) < 4.78 is 6.26. The quantitative estimate of drug-likeness (QED) is 0.519. The van der Waals surface area contributed by atoms with E-state index < -0.39 is 11.5 Å². The van der Waals surface area contributed by atoms with Gasteiger partial charge in [0, 0.05) is 24.0 Å². The van der Waals surface area contributed by atoms with Gasteiger partial charge in [-0.3, -0.25) is 14.2 Å². The number of rotatable bonds is 2. The van der Waals surface area contributed by atoms with Gasteiger partial charge in [0.05, 0.1) is 12.1 Å². The zero-order valence-electron chi connectivity index (χ0n) is 10.7. The monoisotopic (exact) mass is 269 g/mol. The van der Waals surface area contributed by atoms with Crippen molar-refractivity contribution in [3.63, 3.8) is 0 Å². The standard InChI is InChI=1S/C14H11N3O3/c1-2-20-14(19)10-8-16-12-4-3-9-7-15-6-5-11(9)17(12)13(10)18/h3-8H,2H2,1H3. The first kappa shape index (κ1) is 12.3. The molecule has 0 bridgehead atoms. The number of esters is 1. The summed E-state index contributed by atoms with van der Waals surface area (Å²) in [6.07, 6.45) is 4.49. The number of aromatic nitrogens is 3. The lowest BCUT2D eigenvalue weighted by atomic mass is 10.2. The van der Waals surface area contributed by atoms with Gasteiger partial charge in [0.15, 0.2) is 0 Å². The molecule has 3 heterocycles. The van der Waals surface area contributed by atoms with Gasteiger partial charge in [-0.25, -0.2) is 9.78 Å². The second-order valence-corrected chi connectivity index (χ2v) is 4.16. The molecule has 0 aliphatic carbocycles. The number of hydrogen-bond acceptors (Lipinski definition) is 5. The molecule has 0 saturated carbocycles. The molecule has 0 saturated heterocycles. The molecule has 3 aromatic rings. The fourth-order valence-corrected chi connectivity index (χ4v) is 2.06. The molecule has 0 aliphatic rings. The van der Waals surface area contributed by atoms with Crippen LogP contribution in [0.3, 0.4) is 0 Å². The van der Waals surface area contributed by atoms with Crippen LogP contribution in [0.2, 0.25) is 0 Å². The summed E-state index contributed by atoms with van der Waals surface area (Å²) >= 11 is 0. The molecule has 0 spiro atoms. The summed E-state index contributed by atoms with van der Waals surface area (Å²) in [5.74, 6) is -0.662. The average molecular weight is 269 g/mol. The molecular weight excluding hydrogens is 258 g/mol. The van der Waals surface area contributed by atoms with Crippen molar-refractivity contribution in [3.05, 3.63) is 52.7 Å². The highest BCUT2D eigenvalue weighted by atomic mass is 16.5. The minimum Gasteiger partial charge on any atom is -0.462 e. The predicted molar refractivity (Wildman–Crippen MR) is 72.7 cm³/mol. The van der Waals surface area contributed by atoms with Gasteiger partial charge in [0.1, 0.15) is 11.2 Å². The topological polar surface area (TPSA) is 73.6 Å². The summed E-state index contributed by atoms with van der Waals surface area (Å²) in [6, 6.07) is 5.24. The van der Waals surface area contributed by atoms with Gasteiger partial charge in [-0.05, 0) is 25.1 Å². The fourth-order valence-electron chi connectivity index (χ4n) is 2.06. The van der Waals surface area contributed by atoms with Crippen LogP contribution in [0.4, 0.5) is 0 Å². The van der Waals surface area contributed by atoms with E-state index in [0.29, 0.717) is 11.2 Å². The van der Waals surface area contributed by atoms with Crippen LogP contribution in [-0.4, -0.2) is 26.9 Å². The van der Waals surface area contributed by atoms with E-state index >= 15 is 0 Å². The second kappa shape index (κ2) is 4.73. The largest absolute Gasteiger partial charge is 0.462 e. The lowest BCUT2D eigenvalue weighted by Crippen LogP contribution is -2.24. The van der Waals surface area contributed by atoms with E-state index in [1.807, 2.05) is 6.07 Å². The molecule has 0 amide bonds. The second-order valence-electron chi connectivity index (χ2n) is 4.16. The van der Waals surface area contributed by atoms with Crippen molar-refractivity contribution < 1.29 is 9.53 Å². The minimum absolute atomic E-state index is 0.0753. The predicted octanol–water partition coefficient (Wildman–Crippen LogP) is 1.42. The van der Waals surface area contributed by atoms with E-state index in [1.165, 1.54) is 10.6 Å². The Hall–Kier alpha value is -2.76. The molecule has 6 nitrogen and oxygen atoms in total. The van der Waals surface area contributed by atoms with E-state index in [9.17, 15) is 9.59 Å². The van der Waals surface area contributed by atoms with E-state index in [0.717, 1.165) is 5.39 Å². The summed E-state index contributed by atoms with van der Waals surface area (Å²) in [6.45, 7) is 1.89. The van der Waals surface area contributed by atoms with Crippen molar-refractivity contribution in [1.82, 2.24) is 14.4 Å². The molecule has 0 aliphatic heterocycles.